The number of aliphatic hydroxyl groups is 2. The molecule has 0 radical (unpaired) electrons. The number of rotatable bonds is 1. The van der Waals surface area contributed by atoms with E-state index in [1.165, 1.54) is 0 Å². The first-order chi connectivity index (χ1) is 6.61. The van der Waals surface area contributed by atoms with Gasteiger partial charge in [-0.05, 0) is 22.6 Å². The second-order valence-electron chi connectivity index (χ2n) is 4.29. The van der Waals surface area contributed by atoms with Crippen LogP contribution in [0.1, 0.15) is 42.6 Å². The molecule has 14 heavy (non-hydrogen) atoms. The van der Waals surface area contributed by atoms with E-state index in [9.17, 15) is 10.2 Å². The van der Waals surface area contributed by atoms with Crippen LogP contribution in [-0.4, -0.2) is 16.3 Å². The molecule has 0 bridgehead atoms. The van der Waals surface area contributed by atoms with E-state index in [0.717, 1.165) is 16.7 Å². The van der Waals surface area contributed by atoms with E-state index in [0.29, 0.717) is 12.3 Å². The SMILES string of the molecule is CC(C)c1cccc2c1[C@H](O)[C@H](O)C2. The van der Waals surface area contributed by atoms with E-state index in [1.807, 2.05) is 18.2 Å². The lowest BCUT2D eigenvalue weighted by atomic mass is 9.94. The highest BCUT2D eigenvalue weighted by Gasteiger charge is 2.31. The first-order valence-corrected chi connectivity index (χ1v) is 5.09. The van der Waals surface area contributed by atoms with E-state index in [2.05, 4.69) is 13.8 Å². The van der Waals surface area contributed by atoms with Gasteiger partial charge in [0.1, 0.15) is 6.10 Å². The van der Waals surface area contributed by atoms with Crippen molar-refractivity contribution < 1.29 is 10.2 Å². The smallest absolute Gasteiger partial charge is 0.106 e. The summed E-state index contributed by atoms with van der Waals surface area (Å²) in [6.07, 6.45) is -0.731. The van der Waals surface area contributed by atoms with Crippen LogP contribution >= 0.6 is 0 Å². The second kappa shape index (κ2) is 3.37. The van der Waals surface area contributed by atoms with Gasteiger partial charge in [0.25, 0.3) is 0 Å². The Bertz CT molecular complexity index is 344. The molecule has 0 aromatic heterocycles. The van der Waals surface area contributed by atoms with Gasteiger partial charge in [0, 0.05) is 6.42 Å². The van der Waals surface area contributed by atoms with Gasteiger partial charge in [-0.15, -0.1) is 0 Å². The van der Waals surface area contributed by atoms with Gasteiger partial charge in [0.15, 0.2) is 0 Å². The Morgan fingerprint density at radius 3 is 2.64 bits per heavy atom. The quantitative estimate of drug-likeness (QED) is 0.711. The molecule has 0 amide bonds. The fourth-order valence-electron chi connectivity index (χ4n) is 2.20. The molecule has 1 aliphatic rings. The normalized spacial score (nSPS) is 25.5. The van der Waals surface area contributed by atoms with Gasteiger partial charge in [0.05, 0.1) is 6.10 Å². The molecule has 1 aliphatic carbocycles. The van der Waals surface area contributed by atoms with E-state index < -0.39 is 12.2 Å². The zero-order valence-corrected chi connectivity index (χ0v) is 8.57. The lowest BCUT2D eigenvalue weighted by Crippen LogP contribution is -2.13. The maximum atomic E-state index is 9.83. The molecule has 0 heterocycles. The van der Waals surface area contributed by atoms with Gasteiger partial charge in [-0.25, -0.2) is 0 Å². The molecule has 2 N–H and O–H groups in total. The van der Waals surface area contributed by atoms with Crippen molar-refractivity contribution in [3.63, 3.8) is 0 Å². The molecule has 2 atom stereocenters. The minimum atomic E-state index is -0.691. The number of hydrogen-bond acceptors (Lipinski definition) is 2. The van der Waals surface area contributed by atoms with Gasteiger partial charge >= 0.3 is 0 Å². The third-order valence-corrected chi connectivity index (χ3v) is 2.94. The average molecular weight is 192 g/mol. The predicted octanol–water partition coefficient (Wildman–Crippen LogP) is 1.76. The number of aliphatic hydroxyl groups excluding tert-OH is 2. The monoisotopic (exact) mass is 192 g/mol. The van der Waals surface area contributed by atoms with E-state index in [1.54, 1.807) is 0 Å². The van der Waals surface area contributed by atoms with Crippen molar-refractivity contribution in [2.24, 2.45) is 0 Å². The van der Waals surface area contributed by atoms with E-state index in [-0.39, 0.29) is 0 Å². The van der Waals surface area contributed by atoms with Crippen LogP contribution in [0.4, 0.5) is 0 Å². The summed E-state index contributed by atoms with van der Waals surface area (Å²) in [5.74, 6) is 0.393. The lowest BCUT2D eigenvalue weighted by molar-refractivity contribution is 0.0321. The molecule has 1 aromatic carbocycles. The van der Waals surface area contributed by atoms with Gasteiger partial charge in [-0.3, -0.25) is 0 Å². The van der Waals surface area contributed by atoms with Gasteiger partial charge in [-0.1, -0.05) is 32.0 Å². The molecule has 1 aromatic rings. The third kappa shape index (κ3) is 1.35. The first kappa shape index (κ1) is 9.69. The molecule has 0 unspecified atom stereocenters. The molecule has 0 fully saturated rings. The van der Waals surface area contributed by atoms with Gasteiger partial charge in [-0.2, -0.15) is 0 Å². The fourth-order valence-corrected chi connectivity index (χ4v) is 2.20. The molecule has 76 valence electrons. The Kier molecular flexibility index (Phi) is 2.33. The van der Waals surface area contributed by atoms with Crippen LogP contribution in [0.2, 0.25) is 0 Å². The molecular weight excluding hydrogens is 176 g/mol. The highest BCUT2D eigenvalue weighted by Crippen LogP contribution is 2.36. The van der Waals surface area contributed by atoms with Crippen LogP contribution in [0.15, 0.2) is 18.2 Å². The van der Waals surface area contributed by atoms with Crippen molar-refractivity contribution in [2.75, 3.05) is 0 Å². The van der Waals surface area contributed by atoms with Gasteiger partial charge in [0.2, 0.25) is 0 Å². The summed E-state index contributed by atoms with van der Waals surface area (Å²) in [4.78, 5) is 0. The fraction of sp³-hybridized carbons (Fsp3) is 0.500. The van der Waals surface area contributed by atoms with Crippen LogP contribution in [0.3, 0.4) is 0 Å². The zero-order chi connectivity index (χ0) is 10.3. The zero-order valence-electron chi connectivity index (χ0n) is 8.57. The lowest BCUT2D eigenvalue weighted by Gasteiger charge is -2.15. The Morgan fingerprint density at radius 1 is 1.29 bits per heavy atom. The number of benzene rings is 1. The van der Waals surface area contributed by atoms with Crippen LogP contribution in [0.5, 0.6) is 0 Å². The van der Waals surface area contributed by atoms with Crippen molar-refractivity contribution in [1.82, 2.24) is 0 Å². The maximum absolute atomic E-state index is 9.83. The summed E-state index contributed by atoms with van der Waals surface area (Å²) in [7, 11) is 0. The Balaban J connectivity index is 2.52. The van der Waals surface area contributed by atoms with Crippen molar-refractivity contribution in [2.45, 2.75) is 38.4 Å². The molecule has 2 nitrogen and oxygen atoms in total. The Hall–Kier alpha value is -0.860. The Labute approximate surface area is 84.2 Å². The summed E-state index contributed by atoms with van der Waals surface area (Å²) in [5, 5.41) is 19.4. The standard InChI is InChI=1S/C12H16O2/c1-7(2)9-5-3-4-8-6-10(13)12(14)11(8)9/h3-5,7,10,12-14H,6H2,1-2H3/t10-,12-/m1/s1. The van der Waals surface area contributed by atoms with Crippen molar-refractivity contribution >= 4 is 0 Å². The molecule has 2 rings (SSSR count). The van der Waals surface area contributed by atoms with Crippen LogP contribution in [0, 0.1) is 0 Å². The molecular formula is C12H16O2. The summed E-state index contributed by atoms with van der Waals surface area (Å²) in [6, 6.07) is 6.02. The summed E-state index contributed by atoms with van der Waals surface area (Å²) in [5.41, 5.74) is 3.21. The van der Waals surface area contributed by atoms with Crippen molar-refractivity contribution in [1.29, 1.82) is 0 Å². The summed E-state index contributed by atoms with van der Waals surface area (Å²) < 4.78 is 0. The minimum absolute atomic E-state index is 0.393. The Morgan fingerprint density at radius 2 is 2.00 bits per heavy atom. The number of hydrogen-bond donors (Lipinski definition) is 2. The first-order valence-electron chi connectivity index (χ1n) is 5.09. The van der Waals surface area contributed by atoms with Crippen LogP contribution in [-0.2, 0) is 6.42 Å². The van der Waals surface area contributed by atoms with Crippen LogP contribution < -0.4 is 0 Å². The van der Waals surface area contributed by atoms with E-state index in [4.69, 9.17) is 0 Å². The second-order valence-corrected chi connectivity index (χ2v) is 4.29. The molecule has 0 aliphatic heterocycles. The highest BCUT2D eigenvalue weighted by atomic mass is 16.3. The number of fused-ring (bicyclic) bond motifs is 1. The molecule has 0 saturated carbocycles. The van der Waals surface area contributed by atoms with Crippen molar-refractivity contribution in [3.8, 4) is 0 Å². The maximum Gasteiger partial charge on any atom is 0.106 e. The summed E-state index contributed by atoms with van der Waals surface area (Å²) >= 11 is 0. The van der Waals surface area contributed by atoms with E-state index >= 15 is 0 Å². The largest absolute Gasteiger partial charge is 0.390 e. The minimum Gasteiger partial charge on any atom is -0.390 e. The molecule has 0 spiro atoms. The molecule has 0 saturated heterocycles. The topological polar surface area (TPSA) is 40.5 Å². The predicted molar refractivity (Wildman–Crippen MR) is 55.2 cm³/mol. The van der Waals surface area contributed by atoms with Crippen LogP contribution in [0.25, 0.3) is 0 Å². The van der Waals surface area contributed by atoms with Crippen molar-refractivity contribution in [3.05, 3.63) is 34.9 Å². The third-order valence-electron chi connectivity index (χ3n) is 2.94. The highest BCUT2D eigenvalue weighted by molar-refractivity contribution is 5.43. The van der Waals surface area contributed by atoms with Gasteiger partial charge < -0.3 is 10.2 Å². The summed E-state index contributed by atoms with van der Waals surface area (Å²) in [6.45, 7) is 4.21. The average Bonchev–Trinajstić information content (AvgIpc) is 2.43. The molecule has 2 heteroatoms.